The second kappa shape index (κ2) is 11.0. The average molecular weight is 533 g/mol. The highest BCUT2D eigenvalue weighted by Gasteiger charge is 2.57. The van der Waals surface area contributed by atoms with Gasteiger partial charge < -0.3 is 26.2 Å². The fourth-order valence-electron chi connectivity index (χ4n) is 4.05. The molecule has 2 fully saturated rings. The van der Waals surface area contributed by atoms with Crippen LogP contribution in [0.4, 0.5) is 0 Å². The van der Waals surface area contributed by atoms with Crippen LogP contribution in [-0.2, 0) is 26.2 Å². The second-order valence-electron chi connectivity index (χ2n) is 9.60. The Kier molecular flexibility index (Phi) is 8.38. The van der Waals surface area contributed by atoms with Crippen molar-refractivity contribution in [2.24, 2.45) is 10.7 Å². The van der Waals surface area contributed by atoms with Gasteiger partial charge >= 0.3 is 0 Å². The van der Waals surface area contributed by atoms with E-state index in [1.165, 1.54) is 18.9 Å². The van der Waals surface area contributed by atoms with Gasteiger partial charge in [0, 0.05) is 32.3 Å². The van der Waals surface area contributed by atoms with Crippen molar-refractivity contribution in [3.05, 3.63) is 46.7 Å². The Hall–Kier alpha value is -3.31. The second-order valence-corrected chi connectivity index (χ2v) is 11.7. The molecular formula is C24H32N6O6S. The maximum atomic E-state index is 13.2. The van der Waals surface area contributed by atoms with Crippen LogP contribution in [0.3, 0.4) is 0 Å². The Morgan fingerprint density at radius 1 is 1.27 bits per heavy atom. The van der Waals surface area contributed by atoms with Crippen LogP contribution in [0.25, 0.3) is 0 Å². The van der Waals surface area contributed by atoms with Crippen LogP contribution < -0.4 is 15.8 Å². The molecule has 2 aliphatic rings. The van der Waals surface area contributed by atoms with Gasteiger partial charge in [-0.1, -0.05) is 12.1 Å². The van der Waals surface area contributed by atoms with Crippen molar-refractivity contribution >= 4 is 27.5 Å². The molecule has 2 amide bonds. The number of nitrogens with one attached hydrogen (secondary N) is 2. The van der Waals surface area contributed by atoms with E-state index in [0.717, 1.165) is 5.56 Å². The number of carbonyl (C=O) groups excluding carboxylic acids is 2. The van der Waals surface area contributed by atoms with Crippen LogP contribution in [0.2, 0.25) is 0 Å². The highest BCUT2D eigenvalue weighted by Crippen LogP contribution is 2.44. The molecule has 0 spiro atoms. The number of piperidine rings is 1. The maximum absolute atomic E-state index is 13.2. The lowest BCUT2D eigenvalue weighted by Gasteiger charge is -2.34. The summed E-state index contributed by atoms with van der Waals surface area (Å²) in [7, 11) is -2.58. The van der Waals surface area contributed by atoms with E-state index in [1.807, 2.05) is 6.07 Å². The number of nitrogens with zero attached hydrogens (tertiary/aromatic N) is 3. The number of aliphatic imine (C=N–C) groups is 1. The van der Waals surface area contributed by atoms with E-state index < -0.39 is 45.3 Å². The minimum absolute atomic E-state index is 0.00557. The van der Waals surface area contributed by atoms with Crippen molar-refractivity contribution in [2.45, 2.75) is 43.0 Å². The third-order valence-electron chi connectivity index (χ3n) is 6.67. The van der Waals surface area contributed by atoms with E-state index in [-0.39, 0.29) is 37.5 Å². The van der Waals surface area contributed by atoms with Crippen molar-refractivity contribution in [3.8, 4) is 6.07 Å². The van der Waals surface area contributed by atoms with E-state index in [4.69, 9.17) is 11.0 Å². The molecule has 3 rings (SSSR count). The van der Waals surface area contributed by atoms with Crippen LogP contribution in [0.5, 0.6) is 0 Å². The Labute approximate surface area is 215 Å². The summed E-state index contributed by atoms with van der Waals surface area (Å²) in [6.07, 6.45) is 0.851. The summed E-state index contributed by atoms with van der Waals surface area (Å²) < 4.78 is 27.3. The van der Waals surface area contributed by atoms with Gasteiger partial charge in [0.1, 0.15) is 16.2 Å². The average Bonchev–Trinajstić information content (AvgIpc) is 3.69. The number of rotatable bonds is 10. The topological polar surface area (TPSA) is 198 Å². The number of amides is 2. The van der Waals surface area contributed by atoms with Crippen LogP contribution >= 0.6 is 0 Å². The molecule has 0 bridgehead atoms. The first kappa shape index (κ1) is 28.3. The number of carbonyl (C=O) groups is 2. The van der Waals surface area contributed by atoms with Crippen LogP contribution in [0.1, 0.15) is 37.3 Å². The highest BCUT2D eigenvalue weighted by atomic mass is 32.2. The molecule has 1 aliphatic carbocycles. The van der Waals surface area contributed by atoms with Crippen molar-refractivity contribution in [1.82, 2.24) is 14.9 Å². The van der Waals surface area contributed by atoms with Crippen molar-refractivity contribution < 1.29 is 28.2 Å². The number of nitriles is 1. The Balaban J connectivity index is 1.71. The van der Waals surface area contributed by atoms with Gasteiger partial charge in [0.2, 0.25) is 10.0 Å². The van der Waals surface area contributed by atoms with Gasteiger partial charge in [0.25, 0.3) is 11.8 Å². The number of benzene rings is 1. The zero-order valence-corrected chi connectivity index (χ0v) is 21.6. The number of hydrogen-bond acceptors (Lipinski definition) is 9. The molecule has 1 aromatic rings. The van der Waals surface area contributed by atoms with E-state index >= 15 is 0 Å². The number of aliphatic hydroxyl groups is 2. The van der Waals surface area contributed by atoms with Gasteiger partial charge in [-0.2, -0.15) is 5.26 Å². The molecule has 1 aromatic carbocycles. The summed E-state index contributed by atoms with van der Waals surface area (Å²) in [5.74, 6) is -1.10. The number of aliphatic hydroxyl groups excluding tert-OH is 2. The Bertz CT molecular complexity index is 1260. The molecule has 37 heavy (non-hydrogen) atoms. The maximum Gasteiger partial charge on any atom is 0.272 e. The van der Waals surface area contributed by atoms with Crippen LogP contribution in [-0.4, -0.2) is 84.7 Å². The predicted molar refractivity (Wildman–Crippen MR) is 135 cm³/mol. The van der Waals surface area contributed by atoms with Gasteiger partial charge in [-0.05, 0) is 43.9 Å². The molecule has 1 aliphatic heterocycles. The summed E-state index contributed by atoms with van der Waals surface area (Å²) >= 11 is 0. The minimum atomic E-state index is -3.98. The summed E-state index contributed by atoms with van der Waals surface area (Å²) in [4.78, 5) is 31.3. The smallest absolute Gasteiger partial charge is 0.272 e. The lowest BCUT2D eigenvalue weighted by atomic mass is 9.97. The molecule has 1 heterocycles. The highest BCUT2D eigenvalue weighted by molar-refractivity contribution is 7.91. The molecule has 6 N–H and O–H groups in total. The van der Waals surface area contributed by atoms with Crippen LogP contribution in [0.15, 0.2) is 40.5 Å². The van der Waals surface area contributed by atoms with Crippen LogP contribution in [0, 0.1) is 11.3 Å². The number of likely N-dealkylation sites (tertiary alicyclic amines) is 1. The molecule has 0 radical (unpaired) electrons. The first-order valence-electron chi connectivity index (χ1n) is 11.7. The molecule has 1 saturated carbocycles. The third-order valence-corrected chi connectivity index (χ3v) is 9.11. The molecule has 0 unspecified atom stereocenters. The van der Waals surface area contributed by atoms with Gasteiger partial charge in [-0.15, -0.1) is 0 Å². The summed E-state index contributed by atoms with van der Waals surface area (Å²) in [6, 6.07) is 8.71. The number of hydrogen-bond donors (Lipinski definition) is 5. The fourth-order valence-corrected chi connectivity index (χ4v) is 6.01. The van der Waals surface area contributed by atoms with E-state index in [9.17, 15) is 28.2 Å². The molecular weight excluding hydrogens is 500 g/mol. The summed E-state index contributed by atoms with van der Waals surface area (Å²) in [6.45, 7) is 0.437. The van der Waals surface area contributed by atoms with Crippen molar-refractivity contribution in [3.63, 3.8) is 0 Å². The normalized spacial score (nSPS) is 19.9. The monoisotopic (exact) mass is 532 g/mol. The van der Waals surface area contributed by atoms with Crippen molar-refractivity contribution in [1.29, 1.82) is 5.26 Å². The number of sulfonamides is 1. The molecule has 0 atom stereocenters. The lowest BCUT2D eigenvalue weighted by Crippen LogP contribution is -2.57. The molecule has 1 saturated heterocycles. The van der Waals surface area contributed by atoms with E-state index in [1.54, 1.807) is 24.3 Å². The van der Waals surface area contributed by atoms with Gasteiger partial charge in [0.15, 0.2) is 0 Å². The Morgan fingerprint density at radius 2 is 1.89 bits per heavy atom. The van der Waals surface area contributed by atoms with Crippen molar-refractivity contribution in [2.75, 3.05) is 33.4 Å². The first-order valence-corrected chi connectivity index (χ1v) is 13.2. The molecule has 0 aromatic heterocycles. The van der Waals surface area contributed by atoms with Gasteiger partial charge in [0.05, 0.1) is 30.4 Å². The standard InChI is InChI=1S/C24H32N6O6S/c1-23(14-31,15-32)29-37(35,36)24(8-9-24)13-30-10-7-18(20(27-2)22(30)34)19(26)21(33)28-12-17-5-3-16(11-25)4-6-17/h3-6,29,31-32H,7-10,12-15,26H2,1-2H3,(H,28,33). The van der Waals surface area contributed by atoms with E-state index in [0.29, 0.717) is 24.0 Å². The van der Waals surface area contributed by atoms with Gasteiger partial charge in [-0.3, -0.25) is 14.6 Å². The van der Waals surface area contributed by atoms with E-state index in [2.05, 4.69) is 15.0 Å². The molecule has 200 valence electrons. The number of nitrogens with two attached hydrogens (primary N) is 1. The SMILES string of the molecule is CN=C1C(=O)N(CC2(S(=O)(=O)NC(C)(CO)CO)CC2)CCC1=C(N)C(=O)NCc1ccc(C#N)cc1. The molecule has 12 nitrogen and oxygen atoms in total. The predicted octanol–water partition coefficient (Wildman–Crippen LogP) is -1.11. The zero-order chi connectivity index (χ0) is 27.4. The third kappa shape index (κ3) is 5.99. The first-order chi connectivity index (χ1) is 17.4. The Morgan fingerprint density at radius 3 is 2.41 bits per heavy atom. The largest absolute Gasteiger partial charge is 0.394 e. The minimum Gasteiger partial charge on any atom is -0.394 e. The fraction of sp³-hybridized carbons (Fsp3) is 0.500. The quantitative estimate of drug-likeness (QED) is 0.234. The van der Waals surface area contributed by atoms with Gasteiger partial charge in [-0.25, -0.2) is 13.1 Å². The summed E-state index contributed by atoms with van der Waals surface area (Å²) in [5, 5.41) is 30.6. The summed E-state index contributed by atoms with van der Waals surface area (Å²) in [5.41, 5.74) is 6.09. The molecule has 13 heteroatoms. The zero-order valence-electron chi connectivity index (χ0n) is 20.8. The lowest BCUT2D eigenvalue weighted by molar-refractivity contribution is -0.124.